The molecule has 0 aliphatic carbocycles. The molecule has 1 amide bonds. The van der Waals surface area contributed by atoms with Crippen molar-refractivity contribution in [1.82, 2.24) is 15.2 Å². The minimum absolute atomic E-state index is 0.0556. The van der Waals surface area contributed by atoms with Crippen molar-refractivity contribution in [2.75, 3.05) is 19.6 Å². The second-order valence-electron chi connectivity index (χ2n) is 6.13. The smallest absolute Gasteiger partial charge is 0.267 e. The Labute approximate surface area is 131 Å². The predicted octanol–water partition coefficient (Wildman–Crippen LogP) is 1.44. The lowest BCUT2D eigenvalue weighted by atomic mass is 10.1. The molecule has 0 radical (unpaired) electrons. The molecule has 6 nitrogen and oxygen atoms in total. The van der Waals surface area contributed by atoms with Gasteiger partial charge in [0.15, 0.2) is 5.78 Å². The Morgan fingerprint density at radius 2 is 2.05 bits per heavy atom. The minimum atomic E-state index is -0.186. The predicted molar refractivity (Wildman–Crippen MR) is 84.2 cm³/mol. The standard InChI is InChI=1S/C16H25N3O3/c1-10(19-8-11(2)22-12(3)9-19)6-18-16(21)15-5-14(7-17-15)13(4)20/h5,7,10-12,17H,6,8-9H2,1-4H3,(H,18,21)/t10-,11-,12+/m1/s1. The van der Waals surface area contributed by atoms with Gasteiger partial charge in [-0.3, -0.25) is 14.5 Å². The van der Waals surface area contributed by atoms with Gasteiger partial charge in [-0.05, 0) is 33.8 Å². The number of nitrogens with zero attached hydrogens (tertiary/aromatic N) is 1. The zero-order valence-corrected chi connectivity index (χ0v) is 13.7. The number of ether oxygens (including phenoxy) is 1. The number of amides is 1. The molecular formula is C16H25N3O3. The van der Waals surface area contributed by atoms with Gasteiger partial charge in [-0.25, -0.2) is 0 Å². The lowest BCUT2D eigenvalue weighted by molar-refractivity contribution is -0.0778. The highest BCUT2D eigenvalue weighted by Gasteiger charge is 2.26. The highest BCUT2D eigenvalue weighted by molar-refractivity contribution is 5.99. The van der Waals surface area contributed by atoms with E-state index in [0.29, 0.717) is 17.8 Å². The molecule has 0 aromatic carbocycles. The van der Waals surface area contributed by atoms with Crippen LogP contribution in [0.25, 0.3) is 0 Å². The van der Waals surface area contributed by atoms with Gasteiger partial charge in [-0.1, -0.05) is 0 Å². The maximum absolute atomic E-state index is 12.1. The number of nitrogens with one attached hydrogen (secondary N) is 2. The van der Waals surface area contributed by atoms with E-state index in [1.54, 1.807) is 12.3 Å². The fourth-order valence-corrected chi connectivity index (χ4v) is 2.77. The molecule has 0 saturated carbocycles. The molecule has 122 valence electrons. The van der Waals surface area contributed by atoms with Gasteiger partial charge in [0, 0.05) is 37.4 Å². The Bertz CT molecular complexity index is 530. The lowest BCUT2D eigenvalue weighted by Gasteiger charge is -2.38. The average molecular weight is 307 g/mol. The van der Waals surface area contributed by atoms with E-state index < -0.39 is 0 Å². The summed E-state index contributed by atoms with van der Waals surface area (Å²) in [5.74, 6) is -0.242. The summed E-state index contributed by atoms with van der Waals surface area (Å²) in [5.41, 5.74) is 0.940. The number of H-pyrrole nitrogens is 1. The van der Waals surface area contributed by atoms with Crippen LogP contribution in [-0.2, 0) is 4.74 Å². The van der Waals surface area contributed by atoms with Crippen molar-refractivity contribution in [3.63, 3.8) is 0 Å². The molecule has 1 fully saturated rings. The largest absolute Gasteiger partial charge is 0.373 e. The van der Waals surface area contributed by atoms with Gasteiger partial charge in [0.2, 0.25) is 0 Å². The molecule has 2 N–H and O–H groups in total. The number of carbonyl (C=O) groups is 2. The second-order valence-corrected chi connectivity index (χ2v) is 6.13. The zero-order valence-electron chi connectivity index (χ0n) is 13.7. The fourth-order valence-electron chi connectivity index (χ4n) is 2.77. The third kappa shape index (κ3) is 4.18. The number of carbonyl (C=O) groups excluding carboxylic acids is 2. The van der Waals surface area contributed by atoms with E-state index in [-0.39, 0.29) is 29.9 Å². The van der Waals surface area contributed by atoms with Gasteiger partial charge in [-0.2, -0.15) is 0 Å². The van der Waals surface area contributed by atoms with Crippen LogP contribution in [0.1, 0.15) is 48.5 Å². The summed E-state index contributed by atoms with van der Waals surface area (Å²) < 4.78 is 5.72. The van der Waals surface area contributed by atoms with Crippen LogP contribution in [0, 0.1) is 0 Å². The number of hydrogen-bond donors (Lipinski definition) is 2. The van der Waals surface area contributed by atoms with Gasteiger partial charge in [-0.15, -0.1) is 0 Å². The third-order valence-electron chi connectivity index (χ3n) is 3.96. The highest BCUT2D eigenvalue weighted by atomic mass is 16.5. The van der Waals surface area contributed by atoms with Crippen LogP contribution >= 0.6 is 0 Å². The van der Waals surface area contributed by atoms with Crippen LogP contribution < -0.4 is 5.32 Å². The normalized spacial score (nSPS) is 24.0. The topological polar surface area (TPSA) is 74.4 Å². The summed E-state index contributed by atoms with van der Waals surface area (Å²) in [5, 5.41) is 2.91. The highest BCUT2D eigenvalue weighted by Crippen LogP contribution is 2.13. The first-order chi connectivity index (χ1) is 10.4. The van der Waals surface area contributed by atoms with Crippen LogP contribution in [0.15, 0.2) is 12.3 Å². The van der Waals surface area contributed by atoms with E-state index in [9.17, 15) is 9.59 Å². The maximum atomic E-state index is 12.1. The molecule has 0 spiro atoms. The first-order valence-corrected chi connectivity index (χ1v) is 7.74. The Hall–Kier alpha value is -1.66. The van der Waals surface area contributed by atoms with E-state index >= 15 is 0 Å². The summed E-state index contributed by atoms with van der Waals surface area (Å²) in [4.78, 5) is 28.5. The molecule has 2 heterocycles. The molecule has 1 aliphatic heterocycles. The number of aromatic nitrogens is 1. The van der Waals surface area contributed by atoms with Crippen molar-refractivity contribution in [2.45, 2.75) is 45.9 Å². The van der Waals surface area contributed by atoms with Gasteiger partial charge in [0.1, 0.15) is 5.69 Å². The van der Waals surface area contributed by atoms with Gasteiger partial charge < -0.3 is 15.0 Å². The van der Waals surface area contributed by atoms with E-state index in [0.717, 1.165) is 13.1 Å². The van der Waals surface area contributed by atoms with Crippen LogP contribution in [0.2, 0.25) is 0 Å². The Morgan fingerprint density at radius 1 is 1.41 bits per heavy atom. The molecule has 1 aromatic heterocycles. The molecule has 1 saturated heterocycles. The lowest BCUT2D eigenvalue weighted by Crippen LogP contribution is -2.52. The van der Waals surface area contributed by atoms with E-state index in [4.69, 9.17) is 4.74 Å². The Kier molecular flexibility index (Phi) is 5.37. The number of aromatic amines is 1. The molecule has 3 atom stereocenters. The van der Waals surface area contributed by atoms with Crippen molar-refractivity contribution in [2.24, 2.45) is 0 Å². The quantitative estimate of drug-likeness (QED) is 0.807. The molecule has 0 bridgehead atoms. The number of Topliss-reactive ketones (excluding diaryl/α,β-unsaturated/α-hetero) is 1. The summed E-state index contributed by atoms with van der Waals surface area (Å²) >= 11 is 0. The maximum Gasteiger partial charge on any atom is 0.267 e. The van der Waals surface area contributed by atoms with Crippen molar-refractivity contribution in [3.8, 4) is 0 Å². The number of ketones is 1. The SMILES string of the molecule is CC(=O)c1c[nH]c(C(=O)NC[C@@H](C)N2C[C@@H](C)O[C@@H](C)C2)c1. The van der Waals surface area contributed by atoms with Crippen LogP contribution in [-0.4, -0.2) is 59.5 Å². The summed E-state index contributed by atoms with van der Waals surface area (Å²) in [7, 11) is 0. The van der Waals surface area contributed by atoms with Gasteiger partial charge >= 0.3 is 0 Å². The molecule has 0 unspecified atom stereocenters. The molecule has 1 aliphatic rings. The molecule has 1 aromatic rings. The van der Waals surface area contributed by atoms with Crippen LogP contribution in [0.5, 0.6) is 0 Å². The van der Waals surface area contributed by atoms with Gasteiger partial charge in [0.05, 0.1) is 12.2 Å². The number of morpholine rings is 1. The summed E-state index contributed by atoms with van der Waals surface area (Å²) in [6, 6.07) is 1.82. The third-order valence-corrected chi connectivity index (χ3v) is 3.96. The Balaban J connectivity index is 1.85. The van der Waals surface area contributed by atoms with E-state index in [1.165, 1.54) is 6.92 Å². The minimum Gasteiger partial charge on any atom is -0.373 e. The number of hydrogen-bond acceptors (Lipinski definition) is 4. The monoisotopic (exact) mass is 307 g/mol. The zero-order chi connectivity index (χ0) is 16.3. The van der Waals surface area contributed by atoms with E-state index in [1.807, 2.05) is 0 Å². The first kappa shape index (κ1) is 16.7. The fraction of sp³-hybridized carbons (Fsp3) is 0.625. The molecular weight excluding hydrogens is 282 g/mol. The van der Waals surface area contributed by atoms with Crippen molar-refractivity contribution in [1.29, 1.82) is 0 Å². The van der Waals surface area contributed by atoms with Crippen LogP contribution in [0.4, 0.5) is 0 Å². The Morgan fingerprint density at radius 3 is 2.59 bits per heavy atom. The first-order valence-electron chi connectivity index (χ1n) is 7.74. The average Bonchev–Trinajstić information content (AvgIpc) is 2.93. The molecule has 6 heteroatoms. The second kappa shape index (κ2) is 7.07. The van der Waals surface area contributed by atoms with Crippen molar-refractivity contribution in [3.05, 3.63) is 23.5 Å². The summed E-state index contributed by atoms with van der Waals surface area (Å²) in [6.07, 6.45) is 1.98. The number of rotatable bonds is 5. The molecule has 22 heavy (non-hydrogen) atoms. The van der Waals surface area contributed by atoms with Gasteiger partial charge in [0.25, 0.3) is 5.91 Å². The van der Waals surface area contributed by atoms with Crippen molar-refractivity contribution >= 4 is 11.7 Å². The van der Waals surface area contributed by atoms with E-state index in [2.05, 4.69) is 36.0 Å². The van der Waals surface area contributed by atoms with Crippen molar-refractivity contribution < 1.29 is 14.3 Å². The molecule has 2 rings (SSSR count). The van der Waals surface area contributed by atoms with Crippen LogP contribution in [0.3, 0.4) is 0 Å². The summed E-state index contributed by atoms with van der Waals surface area (Å²) in [6.45, 7) is 10.0.